The van der Waals surface area contributed by atoms with Crippen molar-refractivity contribution < 1.29 is 4.79 Å². The molecule has 0 unspecified atom stereocenters. The molecule has 17 heavy (non-hydrogen) atoms. The molecular weight excluding hydrogens is 288 g/mol. The zero-order valence-electron chi connectivity index (χ0n) is 10.0. The number of aromatic nitrogens is 2. The van der Waals surface area contributed by atoms with Crippen molar-refractivity contribution in [3.05, 3.63) is 21.2 Å². The molecule has 1 heterocycles. The summed E-state index contributed by atoms with van der Waals surface area (Å²) in [6.07, 6.45) is 1.32. The van der Waals surface area contributed by atoms with Gasteiger partial charge in [0.2, 0.25) is 5.91 Å². The molecule has 0 saturated heterocycles. The molecule has 0 aliphatic carbocycles. The topological polar surface area (TPSA) is 69.3 Å². The third-order valence-electron chi connectivity index (χ3n) is 2.28. The van der Waals surface area contributed by atoms with Gasteiger partial charge in [0.25, 0.3) is 5.56 Å². The van der Waals surface area contributed by atoms with E-state index in [9.17, 15) is 9.59 Å². The fourth-order valence-corrected chi connectivity index (χ4v) is 1.70. The number of aromatic amines is 1. The Morgan fingerprint density at radius 3 is 2.71 bits per heavy atom. The van der Waals surface area contributed by atoms with E-state index in [4.69, 9.17) is 0 Å². The van der Waals surface area contributed by atoms with E-state index in [-0.39, 0.29) is 18.0 Å². The molecule has 0 spiro atoms. The van der Waals surface area contributed by atoms with Crippen LogP contribution in [0.25, 0.3) is 0 Å². The lowest BCUT2D eigenvalue weighted by Crippen LogP contribution is -2.37. The van der Waals surface area contributed by atoms with Crippen LogP contribution in [0.2, 0.25) is 0 Å². The average Bonchev–Trinajstić information content (AvgIpc) is 2.29. The predicted molar refractivity (Wildman–Crippen MR) is 69.1 cm³/mol. The molecule has 1 amide bonds. The number of nitrogens with one attached hydrogen (secondary N) is 1. The largest absolute Gasteiger partial charge is 0.347 e. The molecule has 1 aromatic heterocycles. The Morgan fingerprint density at radius 1 is 1.53 bits per heavy atom. The van der Waals surface area contributed by atoms with Crippen LogP contribution in [-0.4, -0.2) is 48.0 Å². The number of carbonyl (C=O) groups is 1. The first-order valence-corrected chi connectivity index (χ1v) is 5.95. The van der Waals surface area contributed by atoms with Gasteiger partial charge in [-0.1, -0.05) is 0 Å². The maximum Gasteiger partial charge on any atom is 0.267 e. The molecule has 0 saturated carbocycles. The monoisotopic (exact) mass is 302 g/mol. The van der Waals surface area contributed by atoms with Crippen LogP contribution in [0.15, 0.2) is 15.6 Å². The summed E-state index contributed by atoms with van der Waals surface area (Å²) in [6.45, 7) is 2.69. The molecule has 1 aromatic rings. The Kier molecular flexibility index (Phi) is 4.68. The van der Waals surface area contributed by atoms with Crippen LogP contribution >= 0.6 is 15.9 Å². The van der Waals surface area contributed by atoms with Crippen molar-refractivity contribution in [1.29, 1.82) is 0 Å². The quantitative estimate of drug-likeness (QED) is 0.876. The van der Waals surface area contributed by atoms with Crippen LogP contribution in [0.4, 0.5) is 5.82 Å². The third kappa shape index (κ3) is 3.29. The van der Waals surface area contributed by atoms with E-state index < -0.39 is 0 Å². The fraction of sp³-hybridized carbons (Fsp3) is 0.500. The molecular formula is C10H15BrN4O2. The lowest BCUT2D eigenvalue weighted by atomic mass is 10.4. The molecule has 0 bridgehead atoms. The van der Waals surface area contributed by atoms with Crippen LogP contribution in [-0.2, 0) is 4.79 Å². The Morgan fingerprint density at radius 2 is 2.18 bits per heavy atom. The Hall–Kier alpha value is -1.37. The van der Waals surface area contributed by atoms with Crippen molar-refractivity contribution in [3.63, 3.8) is 0 Å². The van der Waals surface area contributed by atoms with Gasteiger partial charge in [0, 0.05) is 20.6 Å². The van der Waals surface area contributed by atoms with Gasteiger partial charge in [-0.25, -0.2) is 4.98 Å². The summed E-state index contributed by atoms with van der Waals surface area (Å²) in [7, 11) is 3.38. The highest BCUT2D eigenvalue weighted by molar-refractivity contribution is 9.10. The minimum absolute atomic E-state index is 0.0409. The molecule has 0 atom stereocenters. The maximum atomic E-state index is 11.6. The summed E-state index contributed by atoms with van der Waals surface area (Å²) in [6, 6.07) is 0. The van der Waals surface area contributed by atoms with E-state index in [1.165, 1.54) is 11.2 Å². The normalized spacial score (nSPS) is 10.1. The van der Waals surface area contributed by atoms with Gasteiger partial charge in [-0.3, -0.25) is 9.59 Å². The molecule has 6 nitrogen and oxygen atoms in total. The summed E-state index contributed by atoms with van der Waals surface area (Å²) in [5.74, 6) is 0.437. The van der Waals surface area contributed by atoms with Crippen molar-refractivity contribution in [2.75, 3.05) is 32.1 Å². The second-order valence-corrected chi connectivity index (χ2v) is 4.46. The zero-order valence-corrected chi connectivity index (χ0v) is 11.6. The highest BCUT2D eigenvalue weighted by Crippen LogP contribution is 2.18. The van der Waals surface area contributed by atoms with Gasteiger partial charge in [0.15, 0.2) is 5.82 Å². The summed E-state index contributed by atoms with van der Waals surface area (Å²) >= 11 is 3.18. The molecule has 1 N–H and O–H groups in total. The van der Waals surface area contributed by atoms with E-state index in [0.29, 0.717) is 16.8 Å². The SMILES string of the molecule is CCN(CC(=O)N(C)C)c1nc[nH]c(=O)c1Br. The molecule has 7 heteroatoms. The average molecular weight is 303 g/mol. The van der Waals surface area contributed by atoms with E-state index in [1.54, 1.807) is 19.0 Å². The Bertz CT molecular complexity index is 458. The summed E-state index contributed by atoms with van der Waals surface area (Å²) in [4.78, 5) is 32.8. The molecule has 94 valence electrons. The fourth-order valence-electron chi connectivity index (χ4n) is 1.24. The van der Waals surface area contributed by atoms with Gasteiger partial charge in [0.1, 0.15) is 4.47 Å². The van der Waals surface area contributed by atoms with Gasteiger partial charge in [-0.15, -0.1) is 0 Å². The van der Waals surface area contributed by atoms with Crippen LogP contribution in [0.1, 0.15) is 6.92 Å². The van der Waals surface area contributed by atoms with Gasteiger partial charge in [-0.05, 0) is 22.9 Å². The van der Waals surface area contributed by atoms with Crippen LogP contribution < -0.4 is 10.5 Å². The number of anilines is 1. The standard InChI is InChI=1S/C10H15BrN4O2/c1-4-15(5-7(16)14(2)3)9-8(11)10(17)13-6-12-9/h6H,4-5H2,1-3H3,(H,12,13,17). The summed E-state index contributed by atoms with van der Waals surface area (Å²) < 4.78 is 0.341. The molecule has 1 rings (SSSR count). The number of hydrogen-bond acceptors (Lipinski definition) is 4. The zero-order chi connectivity index (χ0) is 13.0. The number of likely N-dealkylation sites (N-methyl/N-ethyl adjacent to an activating group) is 2. The van der Waals surface area contributed by atoms with E-state index >= 15 is 0 Å². The van der Waals surface area contributed by atoms with Crippen LogP contribution in [0.5, 0.6) is 0 Å². The number of hydrogen-bond donors (Lipinski definition) is 1. The molecule has 0 fully saturated rings. The van der Waals surface area contributed by atoms with Gasteiger partial charge in [-0.2, -0.15) is 0 Å². The minimum atomic E-state index is -0.259. The maximum absolute atomic E-state index is 11.6. The summed E-state index contributed by atoms with van der Waals surface area (Å²) in [5, 5.41) is 0. The third-order valence-corrected chi connectivity index (χ3v) is 3.00. The number of carbonyl (C=O) groups excluding carboxylic acids is 1. The first-order valence-electron chi connectivity index (χ1n) is 5.15. The molecule has 0 radical (unpaired) electrons. The second-order valence-electron chi connectivity index (χ2n) is 3.67. The first kappa shape index (κ1) is 13.7. The number of nitrogens with zero attached hydrogens (tertiary/aromatic N) is 3. The molecule has 0 aromatic carbocycles. The van der Waals surface area contributed by atoms with Crippen LogP contribution in [0, 0.1) is 0 Å². The lowest BCUT2D eigenvalue weighted by molar-refractivity contribution is -0.127. The lowest BCUT2D eigenvalue weighted by Gasteiger charge is -2.23. The number of halogens is 1. The van der Waals surface area contributed by atoms with E-state index in [2.05, 4.69) is 25.9 Å². The molecule has 0 aliphatic rings. The van der Waals surface area contributed by atoms with Crippen molar-refractivity contribution in [2.24, 2.45) is 0 Å². The Labute approximate surface area is 108 Å². The highest BCUT2D eigenvalue weighted by Gasteiger charge is 2.16. The first-order chi connectivity index (χ1) is 7.97. The van der Waals surface area contributed by atoms with Crippen molar-refractivity contribution in [1.82, 2.24) is 14.9 Å². The Balaban J connectivity index is 2.98. The predicted octanol–water partition coefficient (Wildman–Crippen LogP) is 0.447. The van der Waals surface area contributed by atoms with Gasteiger partial charge in [0.05, 0.1) is 12.9 Å². The van der Waals surface area contributed by atoms with Crippen molar-refractivity contribution in [3.8, 4) is 0 Å². The van der Waals surface area contributed by atoms with Crippen molar-refractivity contribution >= 4 is 27.7 Å². The molecule has 0 aliphatic heterocycles. The van der Waals surface area contributed by atoms with Gasteiger partial charge < -0.3 is 14.8 Å². The number of rotatable bonds is 4. The van der Waals surface area contributed by atoms with Crippen LogP contribution in [0.3, 0.4) is 0 Å². The number of amides is 1. The number of H-pyrrole nitrogens is 1. The highest BCUT2D eigenvalue weighted by atomic mass is 79.9. The second kappa shape index (κ2) is 5.81. The van der Waals surface area contributed by atoms with E-state index in [0.717, 1.165) is 0 Å². The van der Waals surface area contributed by atoms with Crippen molar-refractivity contribution in [2.45, 2.75) is 6.92 Å². The van der Waals surface area contributed by atoms with Gasteiger partial charge >= 0.3 is 0 Å². The van der Waals surface area contributed by atoms with E-state index in [1.807, 2.05) is 6.92 Å². The summed E-state index contributed by atoms with van der Waals surface area (Å²) in [5.41, 5.74) is -0.259. The minimum Gasteiger partial charge on any atom is -0.347 e. The smallest absolute Gasteiger partial charge is 0.267 e.